The van der Waals surface area contributed by atoms with E-state index < -0.39 is 5.91 Å². The number of rotatable bonds is 8. The molecule has 190 valence electrons. The number of hydrogen-bond donors (Lipinski definition) is 1. The van der Waals surface area contributed by atoms with Crippen molar-refractivity contribution in [3.63, 3.8) is 0 Å². The zero-order valence-corrected chi connectivity index (χ0v) is 23.1. The van der Waals surface area contributed by atoms with Gasteiger partial charge in [-0.25, -0.2) is 0 Å². The molecule has 1 heterocycles. The molecular weight excluding hydrogens is 580 g/mol. The molecule has 0 bridgehead atoms. The Balaban J connectivity index is 1.47. The number of thioether (sulfide) groups is 1. The molecule has 1 saturated heterocycles. The molecule has 1 aliphatic heterocycles. The fraction of sp³-hybridized carbons (Fsp3) is 0.148. The Morgan fingerprint density at radius 1 is 1.14 bits per heavy atom. The van der Waals surface area contributed by atoms with Crippen molar-refractivity contribution in [3.8, 4) is 11.5 Å². The van der Waals surface area contributed by atoms with Crippen molar-refractivity contribution in [1.82, 2.24) is 4.90 Å². The zero-order valence-electron chi connectivity index (χ0n) is 19.9. The van der Waals surface area contributed by atoms with E-state index in [-0.39, 0.29) is 24.3 Å². The topological polar surface area (TPSA) is 84.9 Å². The number of anilines is 1. The number of benzene rings is 3. The highest BCUT2D eigenvalue weighted by molar-refractivity contribution is 9.10. The third-order valence-electron chi connectivity index (χ3n) is 5.38. The average Bonchev–Trinajstić information content (AvgIpc) is 3.13. The lowest BCUT2D eigenvalue weighted by Gasteiger charge is -2.14. The fourth-order valence-electron chi connectivity index (χ4n) is 3.51. The van der Waals surface area contributed by atoms with E-state index in [9.17, 15) is 14.4 Å². The van der Waals surface area contributed by atoms with E-state index in [4.69, 9.17) is 21.1 Å². The molecule has 0 atom stereocenters. The summed E-state index contributed by atoms with van der Waals surface area (Å²) in [6.07, 6.45) is 1.63. The Labute approximate surface area is 231 Å². The number of amides is 3. The van der Waals surface area contributed by atoms with Crippen molar-refractivity contribution < 1.29 is 23.9 Å². The highest BCUT2D eigenvalue weighted by Crippen LogP contribution is 2.39. The number of imide groups is 1. The predicted octanol–water partition coefficient (Wildman–Crippen LogP) is 6.67. The maximum absolute atomic E-state index is 12.9. The molecule has 3 aromatic carbocycles. The Hall–Kier alpha value is -3.27. The van der Waals surface area contributed by atoms with Gasteiger partial charge >= 0.3 is 0 Å². The van der Waals surface area contributed by atoms with Crippen LogP contribution in [0.3, 0.4) is 0 Å². The maximum atomic E-state index is 12.9. The van der Waals surface area contributed by atoms with E-state index in [2.05, 4.69) is 21.2 Å². The molecule has 7 nitrogen and oxygen atoms in total. The van der Waals surface area contributed by atoms with Gasteiger partial charge in [0.1, 0.15) is 0 Å². The fourth-order valence-corrected chi connectivity index (χ4v) is 5.11. The first-order valence-corrected chi connectivity index (χ1v) is 13.1. The van der Waals surface area contributed by atoms with Gasteiger partial charge in [-0.1, -0.05) is 53.6 Å². The van der Waals surface area contributed by atoms with Crippen LogP contribution in [0.5, 0.6) is 11.5 Å². The van der Waals surface area contributed by atoms with Gasteiger partial charge in [0.25, 0.3) is 17.1 Å². The van der Waals surface area contributed by atoms with E-state index in [1.165, 1.54) is 12.0 Å². The van der Waals surface area contributed by atoms with Crippen LogP contribution in [-0.2, 0) is 16.1 Å². The smallest absolute Gasteiger partial charge is 0.293 e. The summed E-state index contributed by atoms with van der Waals surface area (Å²) in [6.45, 7) is 1.90. The molecule has 0 aliphatic carbocycles. The van der Waals surface area contributed by atoms with Gasteiger partial charge in [-0.3, -0.25) is 19.3 Å². The van der Waals surface area contributed by atoms with Crippen LogP contribution in [0.2, 0.25) is 5.02 Å². The summed E-state index contributed by atoms with van der Waals surface area (Å²) in [5, 5.41) is 2.78. The average molecular weight is 602 g/mol. The van der Waals surface area contributed by atoms with Crippen LogP contribution in [0.15, 0.2) is 70.0 Å². The monoisotopic (exact) mass is 600 g/mol. The van der Waals surface area contributed by atoms with Crippen LogP contribution in [0.4, 0.5) is 10.5 Å². The first-order valence-electron chi connectivity index (χ1n) is 11.1. The quantitative estimate of drug-likeness (QED) is 0.290. The molecule has 3 amide bonds. The van der Waals surface area contributed by atoms with Gasteiger partial charge in [0, 0.05) is 0 Å². The lowest BCUT2D eigenvalue weighted by atomic mass is 10.1. The minimum atomic E-state index is -0.395. The summed E-state index contributed by atoms with van der Waals surface area (Å²) in [6, 6.07) is 18.0. The molecule has 1 aliphatic rings. The first-order chi connectivity index (χ1) is 17.7. The van der Waals surface area contributed by atoms with E-state index in [0.717, 1.165) is 22.9 Å². The molecule has 4 rings (SSSR count). The van der Waals surface area contributed by atoms with E-state index in [0.29, 0.717) is 37.2 Å². The SMILES string of the molecule is COc1cc(/C=C2\SC(=O)N(Cc3ccc(C)cc3)C2=O)cc(Br)c1OCC(=O)Nc1ccccc1Cl. The highest BCUT2D eigenvalue weighted by atomic mass is 79.9. The number of hydrogen-bond acceptors (Lipinski definition) is 6. The second kappa shape index (κ2) is 11.9. The van der Waals surface area contributed by atoms with Crippen molar-refractivity contribution in [2.75, 3.05) is 19.0 Å². The number of halogens is 2. The summed E-state index contributed by atoms with van der Waals surface area (Å²) in [7, 11) is 1.47. The molecular formula is C27H22BrClN2O5S. The van der Waals surface area contributed by atoms with Crippen LogP contribution < -0.4 is 14.8 Å². The maximum Gasteiger partial charge on any atom is 0.293 e. The third kappa shape index (κ3) is 6.54. The highest BCUT2D eigenvalue weighted by Gasteiger charge is 2.35. The van der Waals surface area contributed by atoms with Gasteiger partial charge in [-0.05, 0) is 76.1 Å². The largest absolute Gasteiger partial charge is 0.493 e. The molecule has 0 spiro atoms. The van der Waals surface area contributed by atoms with Crippen LogP contribution >= 0.6 is 39.3 Å². The first kappa shape index (κ1) is 26.8. The number of methoxy groups -OCH3 is 1. The van der Waals surface area contributed by atoms with E-state index in [1.807, 2.05) is 31.2 Å². The summed E-state index contributed by atoms with van der Waals surface area (Å²) in [5.74, 6) is -0.0814. The summed E-state index contributed by atoms with van der Waals surface area (Å²) < 4.78 is 11.7. The molecule has 0 aromatic heterocycles. The number of para-hydroxylation sites is 1. The van der Waals surface area contributed by atoms with Crippen molar-refractivity contribution in [2.45, 2.75) is 13.5 Å². The normalized spacial score (nSPS) is 14.3. The standard InChI is InChI=1S/C27H22BrClN2O5S/c1-16-7-9-17(10-8-16)14-31-26(33)23(37-27(31)34)13-18-11-19(28)25(22(12-18)35-2)36-15-24(32)30-21-6-4-3-5-20(21)29/h3-13H,14-15H2,1-2H3,(H,30,32)/b23-13-. The van der Waals surface area contributed by atoms with Crippen molar-refractivity contribution in [3.05, 3.63) is 91.8 Å². The zero-order chi connectivity index (χ0) is 26.5. The Kier molecular flexibility index (Phi) is 8.58. The number of nitrogens with one attached hydrogen (secondary N) is 1. The summed E-state index contributed by atoms with van der Waals surface area (Å²) in [5.41, 5.74) is 3.08. The second-order valence-electron chi connectivity index (χ2n) is 8.10. The van der Waals surface area contributed by atoms with Crippen molar-refractivity contribution in [1.29, 1.82) is 0 Å². The van der Waals surface area contributed by atoms with Crippen LogP contribution in [0.1, 0.15) is 16.7 Å². The van der Waals surface area contributed by atoms with Gasteiger partial charge in [-0.2, -0.15) is 0 Å². The number of aryl methyl sites for hydroxylation is 1. The molecule has 0 saturated carbocycles. The van der Waals surface area contributed by atoms with Crippen molar-refractivity contribution >= 4 is 68.1 Å². The van der Waals surface area contributed by atoms with Gasteiger partial charge in [0.2, 0.25) is 0 Å². The molecule has 37 heavy (non-hydrogen) atoms. The Morgan fingerprint density at radius 3 is 2.57 bits per heavy atom. The summed E-state index contributed by atoms with van der Waals surface area (Å²) in [4.78, 5) is 39.4. The lowest BCUT2D eigenvalue weighted by molar-refractivity contribution is -0.123. The van der Waals surface area contributed by atoms with Crippen LogP contribution in [-0.4, -0.2) is 35.7 Å². The Bertz CT molecular complexity index is 1390. The third-order valence-corrected chi connectivity index (χ3v) is 7.21. The van der Waals surface area contributed by atoms with Crippen LogP contribution in [0, 0.1) is 6.92 Å². The predicted molar refractivity (Wildman–Crippen MR) is 149 cm³/mol. The van der Waals surface area contributed by atoms with Gasteiger partial charge < -0.3 is 14.8 Å². The molecule has 1 N–H and O–H groups in total. The molecule has 0 unspecified atom stereocenters. The lowest BCUT2D eigenvalue weighted by Crippen LogP contribution is -2.27. The second-order valence-corrected chi connectivity index (χ2v) is 10.4. The number of carbonyl (C=O) groups is 3. The van der Waals surface area contributed by atoms with E-state index >= 15 is 0 Å². The summed E-state index contributed by atoms with van der Waals surface area (Å²) >= 11 is 10.4. The molecule has 0 radical (unpaired) electrons. The molecule has 1 fully saturated rings. The van der Waals surface area contributed by atoms with Gasteiger partial charge in [-0.15, -0.1) is 0 Å². The number of ether oxygens (including phenoxy) is 2. The number of carbonyl (C=O) groups excluding carboxylic acids is 3. The minimum absolute atomic E-state index is 0.207. The van der Waals surface area contributed by atoms with Gasteiger partial charge in [0.05, 0.1) is 33.7 Å². The number of nitrogens with zero attached hydrogens (tertiary/aromatic N) is 1. The molecule has 10 heteroatoms. The minimum Gasteiger partial charge on any atom is -0.493 e. The van der Waals surface area contributed by atoms with Crippen LogP contribution in [0.25, 0.3) is 6.08 Å². The van der Waals surface area contributed by atoms with Gasteiger partial charge in [0.15, 0.2) is 18.1 Å². The Morgan fingerprint density at radius 2 is 1.86 bits per heavy atom. The van der Waals surface area contributed by atoms with E-state index in [1.54, 1.807) is 42.5 Å². The van der Waals surface area contributed by atoms with Crippen molar-refractivity contribution in [2.24, 2.45) is 0 Å². The molecule has 3 aromatic rings.